The van der Waals surface area contributed by atoms with Crippen LogP contribution in [0.3, 0.4) is 0 Å². The predicted octanol–water partition coefficient (Wildman–Crippen LogP) is 4.41. The molecule has 184 valence electrons. The third-order valence-electron chi connectivity index (χ3n) is 4.60. The first kappa shape index (κ1) is 25.8. The van der Waals surface area contributed by atoms with E-state index >= 15 is 0 Å². The van der Waals surface area contributed by atoms with Gasteiger partial charge in [0.25, 0.3) is 11.1 Å². The number of methoxy groups -OCH3 is 1. The molecular weight excluding hydrogens is 472 g/mol. The number of imide groups is 1. The summed E-state index contributed by atoms with van der Waals surface area (Å²) in [5, 5.41) is 4.38. The van der Waals surface area contributed by atoms with Gasteiger partial charge in [-0.3, -0.25) is 14.9 Å². The van der Waals surface area contributed by atoms with Crippen LogP contribution < -0.4 is 15.4 Å². The molecule has 3 amide bonds. The number of carbonyl (C=O) groups excluding carboxylic acids is 4. The highest BCUT2D eigenvalue weighted by Gasteiger charge is 2.26. The van der Waals surface area contributed by atoms with Crippen molar-refractivity contribution in [2.75, 3.05) is 7.11 Å². The van der Waals surface area contributed by atoms with Gasteiger partial charge in [0.2, 0.25) is 0 Å². The number of hydrogen-bond acceptors (Lipinski definition) is 8. The first-order chi connectivity index (χ1) is 16.5. The highest BCUT2D eigenvalue weighted by Crippen LogP contribution is 2.27. The van der Waals surface area contributed by atoms with E-state index in [1.807, 2.05) is 0 Å². The molecule has 1 unspecified atom stereocenters. The number of amides is 3. The molecule has 0 radical (unpaired) electrons. The number of thioether (sulfide) groups is 1. The SMILES string of the molecule is COC(=O)C(Cc1ccc(Oc2ccc(C=C3SC(=O)NC3=O)cc2)cc1)NC(=O)OC(C)(C)C. The third kappa shape index (κ3) is 7.89. The van der Waals surface area contributed by atoms with Gasteiger partial charge >= 0.3 is 12.1 Å². The Kier molecular flexibility index (Phi) is 8.18. The van der Waals surface area contributed by atoms with Crippen molar-refractivity contribution in [1.29, 1.82) is 0 Å². The minimum atomic E-state index is -0.904. The van der Waals surface area contributed by atoms with Gasteiger partial charge in [-0.15, -0.1) is 0 Å². The van der Waals surface area contributed by atoms with E-state index in [-0.39, 0.29) is 11.7 Å². The maximum atomic E-state index is 12.1. The van der Waals surface area contributed by atoms with Crippen LogP contribution in [0.2, 0.25) is 0 Å². The number of carbonyl (C=O) groups is 4. The maximum absolute atomic E-state index is 12.1. The Bertz CT molecular complexity index is 1140. The van der Waals surface area contributed by atoms with E-state index < -0.39 is 29.6 Å². The van der Waals surface area contributed by atoms with Crippen molar-refractivity contribution < 1.29 is 33.4 Å². The van der Waals surface area contributed by atoms with E-state index in [4.69, 9.17) is 14.2 Å². The summed E-state index contributed by atoms with van der Waals surface area (Å²) in [6.07, 6.45) is 1.14. The standard InChI is InChI=1S/C25H26N2O7S/c1-25(2,3)34-23(30)26-19(22(29)32-4)13-15-5-9-17(10-6-15)33-18-11-7-16(8-12-18)14-20-21(28)27-24(31)35-20/h5-12,14,19H,13H2,1-4H3,(H,26,30)(H,27,28,31). The van der Waals surface area contributed by atoms with Crippen molar-refractivity contribution in [3.8, 4) is 11.5 Å². The molecular formula is C25H26N2O7S. The molecule has 2 aromatic carbocycles. The quantitative estimate of drug-likeness (QED) is 0.425. The summed E-state index contributed by atoms with van der Waals surface area (Å²) in [5.74, 6) is 0.171. The van der Waals surface area contributed by atoms with Gasteiger partial charge in [0.1, 0.15) is 23.1 Å². The normalized spacial score (nSPS) is 15.4. The topological polar surface area (TPSA) is 120 Å². The zero-order valence-corrected chi connectivity index (χ0v) is 20.6. The lowest BCUT2D eigenvalue weighted by molar-refractivity contribution is -0.143. The van der Waals surface area contributed by atoms with Gasteiger partial charge in [-0.25, -0.2) is 9.59 Å². The summed E-state index contributed by atoms with van der Waals surface area (Å²) >= 11 is 0.860. The summed E-state index contributed by atoms with van der Waals surface area (Å²) in [5.41, 5.74) is 0.848. The number of hydrogen-bond donors (Lipinski definition) is 2. The molecule has 0 aromatic heterocycles. The molecule has 1 aliphatic heterocycles. The van der Waals surface area contributed by atoms with Crippen molar-refractivity contribution in [3.05, 3.63) is 64.6 Å². The van der Waals surface area contributed by atoms with Crippen molar-refractivity contribution in [3.63, 3.8) is 0 Å². The average molecular weight is 499 g/mol. The number of nitrogens with one attached hydrogen (secondary N) is 2. The molecule has 0 spiro atoms. The van der Waals surface area contributed by atoms with E-state index in [0.717, 1.165) is 22.9 Å². The van der Waals surface area contributed by atoms with Crippen LogP contribution in [0.1, 0.15) is 31.9 Å². The molecule has 9 nitrogen and oxygen atoms in total. The summed E-state index contributed by atoms with van der Waals surface area (Å²) in [4.78, 5) is 47.5. The van der Waals surface area contributed by atoms with Crippen LogP contribution in [0.15, 0.2) is 53.4 Å². The van der Waals surface area contributed by atoms with Crippen molar-refractivity contribution >= 4 is 41.0 Å². The summed E-state index contributed by atoms with van der Waals surface area (Å²) in [6, 6.07) is 13.2. The second-order valence-corrected chi connectivity index (χ2v) is 9.61. The minimum absolute atomic E-state index is 0.212. The van der Waals surface area contributed by atoms with Gasteiger partial charge in [0, 0.05) is 6.42 Å². The molecule has 3 rings (SSSR count). The minimum Gasteiger partial charge on any atom is -0.467 e. The second kappa shape index (κ2) is 11.1. The fraction of sp³-hybridized carbons (Fsp3) is 0.280. The Hall–Kier alpha value is -3.79. The van der Waals surface area contributed by atoms with Crippen molar-refractivity contribution in [2.45, 2.75) is 38.8 Å². The van der Waals surface area contributed by atoms with Crippen LogP contribution in [0.25, 0.3) is 6.08 Å². The highest BCUT2D eigenvalue weighted by molar-refractivity contribution is 8.18. The zero-order valence-electron chi connectivity index (χ0n) is 19.7. The van der Waals surface area contributed by atoms with Crippen molar-refractivity contribution in [1.82, 2.24) is 10.6 Å². The zero-order chi connectivity index (χ0) is 25.6. The Labute approximate surface area is 207 Å². The fourth-order valence-electron chi connectivity index (χ4n) is 3.06. The number of alkyl carbamates (subject to hydrolysis) is 1. The van der Waals surface area contributed by atoms with Gasteiger partial charge in [0.15, 0.2) is 0 Å². The Morgan fingerprint density at radius 1 is 1.03 bits per heavy atom. The first-order valence-corrected chi connectivity index (χ1v) is 11.5. The molecule has 35 heavy (non-hydrogen) atoms. The molecule has 0 saturated carbocycles. The Morgan fingerprint density at radius 3 is 2.14 bits per heavy atom. The molecule has 0 aliphatic carbocycles. The lowest BCUT2D eigenvalue weighted by Gasteiger charge is -2.22. The van der Waals surface area contributed by atoms with E-state index in [2.05, 4.69) is 10.6 Å². The molecule has 1 heterocycles. The van der Waals surface area contributed by atoms with Crippen LogP contribution in [-0.2, 0) is 25.5 Å². The van der Waals surface area contributed by atoms with E-state index in [9.17, 15) is 19.2 Å². The average Bonchev–Trinajstić information content (AvgIpc) is 3.10. The Morgan fingerprint density at radius 2 is 1.63 bits per heavy atom. The summed E-state index contributed by atoms with van der Waals surface area (Å²) in [6.45, 7) is 5.20. The molecule has 1 saturated heterocycles. The fourth-order valence-corrected chi connectivity index (χ4v) is 3.74. The maximum Gasteiger partial charge on any atom is 0.408 e. The van der Waals surface area contributed by atoms with Gasteiger partial charge in [0.05, 0.1) is 12.0 Å². The Balaban J connectivity index is 1.61. The molecule has 10 heteroatoms. The number of rotatable bonds is 7. The molecule has 0 bridgehead atoms. The third-order valence-corrected chi connectivity index (χ3v) is 5.41. The van der Waals surface area contributed by atoms with Crippen LogP contribution in [0, 0.1) is 0 Å². The molecule has 1 aliphatic rings. The number of esters is 1. The van der Waals surface area contributed by atoms with Gasteiger partial charge < -0.3 is 19.5 Å². The number of ether oxygens (including phenoxy) is 3. The van der Waals surface area contributed by atoms with Crippen molar-refractivity contribution in [2.24, 2.45) is 0 Å². The van der Waals surface area contributed by atoms with E-state index in [1.165, 1.54) is 7.11 Å². The van der Waals surface area contributed by atoms with Crippen LogP contribution in [0.4, 0.5) is 9.59 Å². The largest absolute Gasteiger partial charge is 0.467 e. The second-order valence-electron chi connectivity index (χ2n) is 8.59. The molecule has 2 aromatic rings. The van der Waals surface area contributed by atoms with Gasteiger partial charge in [-0.1, -0.05) is 24.3 Å². The smallest absolute Gasteiger partial charge is 0.408 e. The molecule has 1 atom stereocenters. The van der Waals surface area contributed by atoms with Gasteiger partial charge in [-0.2, -0.15) is 0 Å². The van der Waals surface area contributed by atoms with Gasteiger partial charge in [-0.05, 0) is 74.0 Å². The van der Waals surface area contributed by atoms with E-state index in [1.54, 1.807) is 75.4 Å². The lowest BCUT2D eigenvalue weighted by Crippen LogP contribution is -2.45. The molecule has 2 N–H and O–H groups in total. The van der Waals surface area contributed by atoms with Crippen LogP contribution in [0.5, 0.6) is 11.5 Å². The monoisotopic (exact) mass is 498 g/mol. The number of benzene rings is 2. The van der Waals surface area contributed by atoms with Crippen LogP contribution in [-0.4, -0.2) is 42.0 Å². The van der Waals surface area contributed by atoms with Crippen LogP contribution >= 0.6 is 11.8 Å². The predicted molar refractivity (Wildman–Crippen MR) is 131 cm³/mol. The lowest BCUT2D eigenvalue weighted by atomic mass is 10.1. The van der Waals surface area contributed by atoms with E-state index in [0.29, 0.717) is 16.4 Å². The summed E-state index contributed by atoms with van der Waals surface area (Å²) < 4.78 is 15.9. The summed E-state index contributed by atoms with van der Waals surface area (Å²) in [7, 11) is 1.26. The first-order valence-electron chi connectivity index (χ1n) is 10.7. The highest BCUT2D eigenvalue weighted by atomic mass is 32.2. The molecule has 1 fully saturated rings.